The van der Waals surface area contributed by atoms with Crippen molar-refractivity contribution in [1.82, 2.24) is 10.9 Å². The van der Waals surface area contributed by atoms with Gasteiger partial charge >= 0.3 is 5.91 Å². The Morgan fingerprint density at radius 3 is 2.30 bits per heavy atom. The number of furan rings is 1. The normalized spacial score (nSPS) is 11.4. The van der Waals surface area contributed by atoms with Crippen molar-refractivity contribution in [3.8, 4) is 0 Å². The number of hydrogen-bond donors (Lipinski definition) is 2. The zero-order valence-corrected chi connectivity index (χ0v) is 15.8. The van der Waals surface area contributed by atoms with Gasteiger partial charge in [0.15, 0.2) is 15.6 Å². The molecule has 0 saturated heterocycles. The van der Waals surface area contributed by atoms with Gasteiger partial charge in [-0.25, -0.2) is 8.42 Å². The Balaban J connectivity index is 1.79. The number of hydrogen-bond acceptors (Lipinski definition) is 5. The zero-order valence-electron chi connectivity index (χ0n) is 15.0. The van der Waals surface area contributed by atoms with Crippen molar-refractivity contribution in [1.29, 1.82) is 0 Å². The Labute approximate surface area is 156 Å². The highest BCUT2D eigenvalue weighted by molar-refractivity contribution is 7.90. The minimum Gasteiger partial charge on any atom is -0.451 e. The number of benzene rings is 2. The number of sulfone groups is 1. The van der Waals surface area contributed by atoms with Crippen molar-refractivity contribution in [2.75, 3.05) is 6.26 Å². The van der Waals surface area contributed by atoms with Gasteiger partial charge in [0.25, 0.3) is 5.91 Å². The molecule has 0 radical (unpaired) electrons. The van der Waals surface area contributed by atoms with Crippen LogP contribution in [0.1, 0.15) is 32.0 Å². The fourth-order valence-electron chi connectivity index (χ4n) is 2.70. The van der Waals surface area contributed by atoms with E-state index in [0.29, 0.717) is 16.7 Å². The number of aryl methyl sites for hydroxylation is 2. The third-order valence-electron chi connectivity index (χ3n) is 4.22. The molecule has 1 aromatic heterocycles. The van der Waals surface area contributed by atoms with Crippen molar-refractivity contribution >= 4 is 32.6 Å². The van der Waals surface area contributed by atoms with Crippen molar-refractivity contribution in [3.05, 3.63) is 64.9 Å². The molecule has 27 heavy (non-hydrogen) atoms. The first-order valence-corrected chi connectivity index (χ1v) is 9.97. The summed E-state index contributed by atoms with van der Waals surface area (Å²) in [6, 6.07) is 11.5. The molecular weight excluding hydrogens is 368 g/mol. The van der Waals surface area contributed by atoms with Crippen LogP contribution in [0.2, 0.25) is 0 Å². The molecule has 1 heterocycles. The maximum Gasteiger partial charge on any atom is 0.305 e. The predicted molar refractivity (Wildman–Crippen MR) is 100 cm³/mol. The maximum atomic E-state index is 12.4. The van der Waals surface area contributed by atoms with Gasteiger partial charge in [-0.2, -0.15) is 0 Å². The number of hydrazine groups is 1. The highest BCUT2D eigenvalue weighted by atomic mass is 32.2. The molecule has 2 N–H and O–H groups in total. The van der Waals surface area contributed by atoms with E-state index in [1.165, 1.54) is 18.2 Å². The van der Waals surface area contributed by atoms with Crippen molar-refractivity contribution in [3.63, 3.8) is 0 Å². The van der Waals surface area contributed by atoms with Gasteiger partial charge in [0.05, 0.1) is 4.90 Å². The van der Waals surface area contributed by atoms with Crippen LogP contribution in [0.4, 0.5) is 0 Å². The summed E-state index contributed by atoms with van der Waals surface area (Å²) in [5, 5.41) is 0.811. The Bertz CT molecular complexity index is 1160. The Morgan fingerprint density at radius 2 is 1.63 bits per heavy atom. The number of carbonyl (C=O) groups is 2. The summed E-state index contributed by atoms with van der Waals surface area (Å²) in [4.78, 5) is 24.8. The zero-order chi connectivity index (χ0) is 19.8. The highest BCUT2D eigenvalue weighted by Crippen LogP contribution is 2.24. The van der Waals surface area contributed by atoms with Crippen LogP contribution in [0, 0.1) is 13.8 Å². The largest absolute Gasteiger partial charge is 0.451 e. The van der Waals surface area contributed by atoms with Crippen molar-refractivity contribution < 1.29 is 22.4 Å². The van der Waals surface area contributed by atoms with Gasteiger partial charge in [0, 0.05) is 22.8 Å². The van der Waals surface area contributed by atoms with Crippen molar-refractivity contribution in [2.45, 2.75) is 18.7 Å². The molecule has 0 saturated carbocycles. The van der Waals surface area contributed by atoms with Crippen LogP contribution in [0.15, 0.2) is 51.8 Å². The van der Waals surface area contributed by atoms with E-state index in [0.717, 1.165) is 11.6 Å². The topological polar surface area (TPSA) is 105 Å². The first-order chi connectivity index (χ1) is 12.7. The molecule has 140 valence electrons. The molecule has 0 aliphatic carbocycles. The first-order valence-electron chi connectivity index (χ1n) is 8.08. The van der Waals surface area contributed by atoms with Gasteiger partial charge in [0.1, 0.15) is 5.58 Å². The number of para-hydroxylation sites is 1. The lowest BCUT2D eigenvalue weighted by molar-refractivity contribution is 0.0831. The summed E-state index contributed by atoms with van der Waals surface area (Å²) < 4.78 is 28.9. The second kappa shape index (κ2) is 6.88. The molecule has 0 atom stereocenters. The van der Waals surface area contributed by atoms with E-state index in [1.807, 2.05) is 12.1 Å². The van der Waals surface area contributed by atoms with Crippen LogP contribution in [0.3, 0.4) is 0 Å². The summed E-state index contributed by atoms with van der Waals surface area (Å²) in [6.07, 6.45) is 1.06. The molecule has 3 rings (SSSR count). The number of rotatable bonds is 3. The van der Waals surface area contributed by atoms with Gasteiger partial charge in [-0.15, -0.1) is 0 Å². The van der Waals surface area contributed by atoms with E-state index in [2.05, 4.69) is 10.9 Å². The van der Waals surface area contributed by atoms with Gasteiger partial charge in [0.2, 0.25) is 0 Å². The molecule has 3 aromatic rings. The lowest BCUT2D eigenvalue weighted by Crippen LogP contribution is -2.42. The summed E-state index contributed by atoms with van der Waals surface area (Å²) in [5.41, 5.74) is 6.56. The summed E-state index contributed by atoms with van der Waals surface area (Å²) >= 11 is 0. The van der Waals surface area contributed by atoms with Gasteiger partial charge in [-0.3, -0.25) is 20.4 Å². The molecule has 7 nitrogen and oxygen atoms in total. The van der Waals surface area contributed by atoms with Gasteiger partial charge < -0.3 is 4.42 Å². The molecule has 0 aliphatic rings. The van der Waals surface area contributed by atoms with E-state index >= 15 is 0 Å². The Hall–Kier alpha value is -3.13. The lowest BCUT2D eigenvalue weighted by Gasteiger charge is -2.10. The molecule has 0 bridgehead atoms. The summed E-state index contributed by atoms with van der Waals surface area (Å²) in [6.45, 7) is 3.43. The molecule has 8 heteroatoms. The third kappa shape index (κ3) is 3.70. The van der Waals surface area contributed by atoms with Crippen LogP contribution in [0.25, 0.3) is 11.0 Å². The van der Waals surface area contributed by atoms with Crippen LogP contribution in [-0.2, 0) is 9.84 Å². The Kier molecular flexibility index (Phi) is 4.75. The van der Waals surface area contributed by atoms with E-state index in [4.69, 9.17) is 4.42 Å². The number of amides is 2. The minimum absolute atomic E-state index is 0.0257. The molecule has 2 amide bonds. The SMILES string of the molecule is Cc1ccc(S(C)(=O)=O)cc1C(=O)NNC(=O)c1oc2ccccc2c1C. The molecule has 0 aliphatic heterocycles. The second-order valence-electron chi connectivity index (χ2n) is 6.21. The fourth-order valence-corrected chi connectivity index (χ4v) is 3.35. The van der Waals surface area contributed by atoms with Crippen molar-refractivity contribution in [2.24, 2.45) is 0 Å². The third-order valence-corrected chi connectivity index (χ3v) is 5.33. The Morgan fingerprint density at radius 1 is 0.963 bits per heavy atom. The maximum absolute atomic E-state index is 12.4. The van der Waals surface area contributed by atoms with E-state index in [1.54, 1.807) is 26.0 Å². The number of fused-ring (bicyclic) bond motifs is 1. The second-order valence-corrected chi connectivity index (χ2v) is 8.23. The molecular formula is C19H18N2O5S. The molecule has 0 spiro atoms. The molecule has 2 aromatic carbocycles. The van der Waals surface area contributed by atoms with E-state index < -0.39 is 21.7 Å². The first kappa shape index (κ1) is 18.7. The molecule has 0 unspecified atom stereocenters. The van der Waals surface area contributed by atoms with Gasteiger partial charge in [-0.1, -0.05) is 24.3 Å². The van der Waals surface area contributed by atoms with E-state index in [-0.39, 0.29) is 16.2 Å². The summed E-state index contributed by atoms with van der Waals surface area (Å²) in [5.74, 6) is -1.13. The van der Waals surface area contributed by atoms with Crippen LogP contribution < -0.4 is 10.9 Å². The summed E-state index contributed by atoms with van der Waals surface area (Å²) in [7, 11) is -3.45. The predicted octanol–water partition coefficient (Wildman–Crippen LogP) is 2.53. The van der Waals surface area contributed by atoms with Crippen LogP contribution >= 0.6 is 0 Å². The lowest BCUT2D eigenvalue weighted by atomic mass is 10.1. The van der Waals surface area contributed by atoms with Gasteiger partial charge in [-0.05, 0) is 37.6 Å². The van der Waals surface area contributed by atoms with Crippen LogP contribution in [-0.4, -0.2) is 26.5 Å². The fraction of sp³-hybridized carbons (Fsp3) is 0.158. The minimum atomic E-state index is -3.45. The smallest absolute Gasteiger partial charge is 0.305 e. The average molecular weight is 386 g/mol. The average Bonchev–Trinajstić information content (AvgIpc) is 2.96. The standard InChI is InChI=1S/C19H18N2O5S/c1-11-8-9-13(27(3,24)25)10-15(11)18(22)20-21-19(23)17-12(2)14-6-4-5-7-16(14)26-17/h4-10H,1-3H3,(H,20,22)(H,21,23). The highest BCUT2D eigenvalue weighted by Gasteiger charge is 2.19. The van der Waals surface area contributed by atoms with Crippen LogP contribution in [0.5, 0.6) is 0 Å². The molecule has 0 fully saturated rings. The number of carbonyl (C=O) groups excluding carboxylic acids is 2. The van der Waals surface area contributed by atoms with E-state index in [9.17, 15) is 18.0 Å². The quantitative estimate of drug-likeness (QED) is 0.673. The number of nitrogens with one attached hydrogen (secondary N) is 2. The monoisotopic (exact) mass is 386 g/mol.